The van der Waals surface area contributed by atoms with Crippen LogP contribution in [-0.2, 0) is 25.6 Å². The Labute approximate surface area is 229 Å². The number of urea groups is 1. The quantitative estimate of drug-likeness (QED) is 0.398. The SMILES string of the molecule is CCCON(CCC)C(=O)CN1CC(c2ccc3c(c2)CCO3)C(C(=O)O)C1CCN1C(=O)CCN(C)C1=O. The van der Waals surface area contributed by atoms with Crippen molar-refractivity contribution in [1.29, 1.82) is 0 Å². The summed E-state index contributed by atoms with van der Waals surface area (Å²) in [7, 11) is 1.65. The molecule has 1 N–H and O–H groups in total. The maximum atomic E-state index is 13.3. The molecule has 0 aliphatic carbocycles. The number of hydrogen-bond donors (Lipinski definition) is 1. The van der Waals surface area contributed by atoms with Crippen molar-refractivity contribution in [3.05, 3.63) is 29.3 Å². The summed E-state index contributed by atoms with van der Waals surface area (Å²) in [5.41, 5.74) is 1.95. The summed E-state index contributed by atoms with van der Waals surface area (Å²) in [5.74, 6) is -1.81. The average Bonchev–Trinajstić information content (AvgIpc) is 3.53. The minimum atomic E-state index is -0.960. The van der Waals surface area contributed by atoms with Crippen LogP contribution in [0.4, 0.5) is 4.79 Å². The van der Waals surface area contributed by atoms with Gasteiger partial charge in [-0.1, -0.05) is 26.0 Å². The van der Waals surface area contributed by atoms with Crippen LogP contribution < -0.4 is 4.74 Å². The second-order valence-corrected chi connectivity index (χ2v) is 10.6. The van der Waals surface area contributed by atoms with Gasteiger partial charge in [0, 0.05) is 58.0 Å². The Bertz CT molecular complexity index is 1080. The average molecular weight is 545 g/mol. The summed E-state index contributed by atoms with van der Waals surface area (Å²) in [5, 5.41) is 11.8. The van der Waals surface area contributed by atoms with Gasteiger partial charge >= 0.3 is 12.0 Å². The molecule has 1 aromatic carbocycles. The number of carboxylic acid groups (broad SMARTS) is 1. The number of likely N-dealkylation sites (tertiary alicyclic amines) is 1. The van der Waals surface area contributed by atoms with Crippen molar-refractivity contribution in [1.82, 2.24) is 19.8 Å². The third-order valence-corrected chi connectivity index (χ3v) is 7.84. The van der Waals surface area contributed by atoms with E-state index in [-0.39, 0.29) is 49.7 Å². The van der Waals surface area contributed by atoms with Crippen LogP contribution in [-0.4, -0.2) is 108 Å². The van der Waals surface area contributed by atoms with Crippen LogP contribution in [0.2, 0.25) is 0 Å². The number of imide groups is 1. The summed E-state index contributed by atoms with van der Waals surface area (Å²) in [6.45, 7) is 6.21. The van der Waals surface area contributed by atoms with E-state index in [2.05, 4.69) is 0 Å². The second kappa shape index (κ2) is 12.8. The number of carboxylic acids is 1. The third-order valence-electron chi connectivity index (χ3n) is 7.84. The summed E-state index contributed by atoms with van der Waals surface area (Å²) < 4.78 is 5.64. The first-order valence-electron chi connectivity index (χ1n) is 14.0. The highest BCUT2D eigenvalue weighted by molar-refractivity contribution is 5.96. The first kappa shape index (κ1) is 28.8. The van der Waals surface area contributed by atoms with Crippen LogP contribution in [0, 0.1) is 5.92 Å². The van der Waals surface area contributed by atoms with E-state index in [1.807, 2.05) is 36.9 Å². The van der Waals surface area contributed by atoms with Crippen molar-refractivity contribution in [3.63, 3.8) is 0 Å². The van der Waals surface area contributed by atoms with Crippen LogP contribution >= 0.6 is 0 Å². The molecule has 2 fully saturated rings. The number of amides is 4. The highest BCUT2D eigenvalue weighted by Gasteiger charge is 2.48. The number of fused-ring (bicyclic) bond motifs is 1. The van der Waals surface area contributed by atoms with Gasteiger partial charge in [0.15, 0.2) is 0 Å². The number of carbonyl (C=O) groups is 4. The van der Waals surface area contributed by atoms with Gasteiger partial charge in [0.25, 0.3) is 5.91 Å². The van der Waals surface area contributed by atoms with Crippen molar-refractivity contribution in [2.45, 2.75) is 57.9 Å². The lowest BCUT2D eigenvalue weighted by atomic mass is 9.83. The van der Waals surface area contributed by atoms with Crippen molar-refractivity contribution in [2.75, 3.05) is 53.0 Å². The molecular formula is C28H40N4O7. The van der Waals surface area contributed by atoms with Crippen molar-refractivity contribution >= 4 is 23.8 Å². The van der Waals surface area contributed by atoms with Crippen molar-refractivity contribution in [3.8, 4) is 5.75 Å². The fraction of sp³-hybridized carbons (Fsp3) is 0.643. The summed E-state index contributed by atoms with van der Waals surface area (Å²) in [6.07, 6.45) is 2.75. The number of benzene rings is 1. The van der Waals surface area contributed by atoms with E-state index in [9.17, 15) is 24.3 Å². The molecule has 3 aliphatic heterocycles. The molecule has 0 spiro atoms. The zero-order valence-corrected chi connectivity index (χ0v) is 23.1. The number of rotatable bonds is 12. The molecule has 11 nitrogen and oxygen atoms in total. The van der Waals surface area contributed by atoms with Crippen molar-refractivity contribution < 1.29 is 33.9 Å². The summed E-state index contributed by atoms with van der Waals surface area (Å²) >= 11 is 0. The molecule has 11 heteroatoms. The zero-order chi connectivity index (χ0) is 28.1. The van der Waals surface area contributed by atoms with Crippen LogP contribution in [0.15, 0.2) is 18.2 Å². The Morgan fingerprint density at radius 3 is 2.69 bits per heavy atom. The molecule has 2 saturated heterocycles. The number of hydroxylamine groups is 2. The van der Waals surface area contributed by atoms with Gasteiger partial charge in [0.2, 0.25) is 5.91 Å². The molecule has 0 aromatic heterocycles. The summed E-state index contributed by atoms with van der Waals surface area (Å²) in [4.78, 5) is 61.6. The largest absolute Gasteiger partial charge is 0.493 e. The van der Waals surface area contributed by atoms with E-state index in [4.69, 9.17) is 9.57 Å². The van der Waals surface area contributed by atoms with Gasteiger partial charge in [0.1, 0.15) is 5.75 Å². The monoisotopic (exact) mass is 544 g/mol. The lowest BCUT2D eigenvalue weighted by molar-refractivity contribution is -0.188. The molecule has 3 atom stereocenters. The van der Waals surface area contributed by atoms with Gasteiger partial charge in [-0.2, -0.15) is 0 Å². The molecule has 214 valence electrons. The number of aliphatic carboxylic acids is 1. The molecule has 3 heterocycles. The number of ether oxygens (including phenoxy) is 1. The lowest BCUT2D eigenvalue weighted by Gasteiger charge is -2.34. The maximum Gasteiger partial charge on any atom is 0.326 e. The number of carbonyl (C=O) groups excluding carboxylic acids is 3. The molecule has 4 rings (SSSR count). The molecule has 4 amide bonds. The van der Waals surface area contributed by atoms with E-state index >= 15 is 0 Å². The highest BCUT2D eigenvalue weighted by atomic mass is 16.7. The molecule has 39 heavy (non-hydrogen) atoms. The van der Waals surface area contributed by atoms with E-state index in [0.29, 0.717) is 32.8 Å². The Balaban J connectivity index is 1.60. The van der Waals surface area contributed by atoms with Crippen LogP contribution in [0.3, 0.4) is 0 Å². The predicted octanol–water partition coefficient (Wildman–Crippen LogP) is 2.34. The Morgan fingerprint density at radius 1 is 1.18 bits per heavy atom. The first-order chi connectivity index (χ1) is 18.7. The van der Waals surface area contributed by atoms with E-state index in [0.717, 1.165) is 36.1 Å². The Morgan fingerprint density at radius 2 is 1.97 bits per heavy atom. The maximum absolute atomic E-state index is 13.3. The van der Waals surface area contributed by atoms with Gasteiger partial charge in [-0.05, 0) is 36.5 Å². The molecular weight excluding hydrogens is 504 g/mol. The van der Waals surface area contributed by atoms with E-state index in [1.165, 1.54) is 14.9 Å². The fourth-order valence-corrected chi connectivity index (χ4v) is 5.83. The third kappa shape index (κ3) is 6.36. The van der Waals surface area contributed by atoms with Gasteiger partial charge in [-0.3, -0.25) is 29.0 Å². The zero-order valence-electron chi connectivity index (χ0n) is 23.1. The van der Waals surface area contributed by atoms with E-state index in [1.54, 1.807) is 7.05 Å². The first-order valence-corrected chi connectivity index (χ1v) is 14.0. The molecule has 3 aliphatic rings. The second-order valence-electron chi connectivity index (χ2n) is 10.6. The van der Waals surface area contributed by atoms with Gasteiger partial charge in [-0.15, -0.1) is 0 Å². The van der Waals surface area contributed by atoms with Gasteiger partial charge in [-0.25, -0.2) is 9.86 Å². The van der Waals surface area contributed by atoms with Crippen molar-refractivity contribution in [2.24, 2.45) is 5.92 Å². The van der Waals surface area contributed by atoms with Crippen LogP contribution in [0.1, 0.15) is 56.6 Å². The predicted molar refractivity (Wildman–Crippen MR) is 142 cm³/mol. The molecule has 0 bridgehead atoms. The minimum Gasteiger partial charge on any atom is -0.493 e. The van der Waals surface area contributed by atoms with Gasteiger partial charge in [0.05, 0.1) is 25.7 Å². The van der Waals surface area contributed by atoms with Crippen LogP contribution in [0.25, 0.3) is 0 Å². The Hall–Kier alpha value is -3.18. The number of hydrogen-bond acceptors (Lipinski definition) is 7. The normalized spacial score (nSPS) is 23.2. The van der Waals surface area contributed by atoms with Gasteiger partial charge < -0.3 is 14.7 Å². The molecule has 3 unspecified atom stereocenters. The standard InChI is InChI=1S/C28H40N4O7/c1-4-11-32(39-14-5-2)25(34)18-30-17-21(19-6-7-23-20(16-19)10-15-38-23)26(27(35)36)22(30)8-13-31-24(33)9-12-29(3)28(31)37/h6-7,16,21-22,26H,4-5,8-15,17-18H2,1-3H3,(H,35,36). The molecule has 1 aromatic rings. The highest BCUT2D eigenvalue weighted by Crippen LogP contribution is 2.41. The summed E-state index contributed by atoms with van der Waals surface area (Å²) in [6, 6.07) is 4.89. The smallest absolute Gasteiger partial charge is 0.326 e. The van der Waals surface area contributed by atoms with Crippen LogP contribution in [0.5, 0.6) is 5.75 Å². The molecule has 0 saturated carbocycles. The van der Waals surface area contributed by atoms with E-state index < -0.39 is 17.9 Å². The molecule has 0 radical (unpaired) electrons. The lowest BCUT2D eigenvalue weighted by Crippen LogP contribution is -2.52. The Kier molecular flexibility index (Phi) is 9.45. The fourth-order valence-electron chi connectivity index (χ4n) is 5.83. The number of nitrogens with zero attached hydrogens (tertiary/aromatic N) is 4. The topological polar surface area (TPSA) is 120 Å². The minimum absolute atomic E-state index is 0.00942.